The van der Waals surface area contributed by atoms with Crippen LogP contribution in [0.4, 0.5) is 0 Å². The number of hydrogen-bond acceptors (Lipinski definition) is 9. The van der Waals surface area contributed by atoms with Crippen LogP contribution in [-0.2, 0) is 42.7 Å². The van der Waals surface area contributed by atoms with Crippen LogP contribution in [-0.4, -0.2) is 109 Å². The first-order valence-electron chi connectivity index (χ1n) is 9.98. The highest BCUT2D eigenvalue weighted by atomic mass is 16.6. The van der Waals surface area contributed by atoms with Gasteiger partial charge in [0.2, 0.25) is 0 Å². The number of carbonyl (C=O) groups excluding carboxylic acids is 2. The van der Waals surface area contributed by atoms with E-state index in [1.54, 1.807) is 0 Å². The molecule has 0 spiro atoms. The minimum Gasteiger partial charge on any atom is -0.499 e. The predicted octanol–water partition coefficient (Wildman–Crippen LogP) is 0.171. The van der Waals surface area contributed by atoms with E-state index in [0.29, 0.717) is 79.3 Å². The molecule has 1 aliphatic rings. The maximum atomic E-state index is 11.3. The van der Waals surface area contributed by atoms with Crippen molar-refractivity contribution in [1.29, 1.82) is 0 Å². The lowest BCUT2D eigenvalue weighted by molar-refractivity contribution is -0.137. The summed E-state index contributed by atoms with van der Waals surface area (Å²) in [5.41, 5.74) is 0. The zero-order valence-corrected chi connectivity index (χ0v) is 17.5. The normalized spacial score (nSPS) is 13.4. The molecule has 0 unspecified atom stereocenters. The van der Waals surface area contributed by atoms with Gasteiger partial charge in [0, 0.05) is 12.2 Å². The maximum absolute atomic E-state index is 11.3. The molecule has 0 aromatic heterocycles. The standard InChI is InChI=1S/C20H33NO9/c1-2-24-7-8-26-11-12-28-15-16-30-18-17-29-14-13-27-10-9-25-6-5-21-19(22)3-4-20(21)23/h2-4H,1,5-18H2. The Morgan fingerprint density at radius 3 is 1.30 bits per heavy atom. The van der Waals surface area contributed by atoms with Gasteiger partial charge in [0.05, 0.1) is 92.1 Å². The average Bonchev–Trinajstić information content (AvgIpc) is 3.06. The van der Waals surface area contributed by atoms with Gasteiger partial charge in [-0.1, -0.05) is 6.58 Å². The molecule has 10 nitrogen and oxygen atoms in total. The van der Waals surface area contributed by atoms with E-state index < -0.39 is 0 Å². The van der Waals surface area contributed by atoms with Crippen LogP contribution >= 0.6 is 0 Å². The Bertz CT molecular complexity index is 481. The Labute approximate surface area is 177 Å². The van der Waals surface area contributed by atoms with Gasteiger partial charge in [-0.3, -0.25) is 14.5 Å². The Morgan fingerprint density at radius 2 is 0.933 bits per heavy atom. The van der Waals surface area contributed by atoms with Crippen molar-refractivity contribution in [2.24, 2.45) is 0 Å². The molecule has 0 saturated heterocycles. The molecule has 10 heteroatoms. The van der Waals surface area contributed by atoms with E-state index >= 15 is 0 Å². The van der Waals surface area contributed by atoms with Gasteiger partial charge < -0.3 is 33.2 Å². The molecular formula is C20H33NO9. The number of amides is 2. The highest BCUT2D eigenvalue weighted by Gasteiger charge is 2.22. The lowest BCUT2D eigenvalue weighted by Crippen LogP contribution is -2.33. The van der Waals surface area contributed by atoms with Gasteiger partial charge in [-0.15, -0.1) is 0 Å². The molecule has 1 rings (SSSR count). The van der Waals surface area contributed by atoms with Crippen LogP contribution in [0.15, 0.2) is 25.0 Å². The average molecular weight is 431 g/mol. The molecule has 0 N–H and O–H groups in total. The monoisotopic (exact) mass is 431 g/mol. The fourth-order valence-corrected chi connectivity index (χ4v) is 2.20. The minimum atomic E-state index is -0.301. The van der Waals surface area contributed by atoms with Gasteiger partial charge in [-0.25, -0.2) is 0 Å². The first kappa shape index (κ1) is 26.2. The highest BCUT2D eigenvalue weighted by Crippen LogP contribution is 2.02. The van der Waals surface area contributed by atoms with Crippen molar-refractivity contribution in [1.82, 2.24) is 4.90 Å². The first-order chi connectivity index (χ1) is 14.8. The van der Waals surface area contributed by atoms with E-state index in [1.165, 1.54) is 18.4 Å². The van der Waals surface area contributed by atoms with Crippen molar-refractivity contribution in [3.05, 3.63) is 25.0 Å². The fraction of sp³-hybridized carbons (Fsp3) is 0.700. The van der Waals surface area contributed by atoms with E-state index in [1.807, 2.05) is 0 Å². The first-order valence-corrected chi connectivity index (χ1v) is 9.98. The van der Waals surface area contributed by atoms with Gasteiger partial charge in [0.25, 0.3) is 11.8 Å². The van der Waals surface area contributed by atoms with Crippen LogP contribution in [0.5, 0.6) is 0 Å². The van der Waals surface area contributed by atoms with Crippen LogP contribution in [0.3, 0.4) is 0 Å². The Balaban J connectivity index is 1.69. The summed E-state index contributed by atoms with van der Waals surface area (Å²) in [5.74, 6) is -0.603. The number of ether oxygens (including phenoxy) is 7. The fourth-order valence-electron chi connectivity index (χ4n) is 2.20. The molecule has 0 fully saturated rings. The van der Waals surface area contributed by atoms with Gasteiger partial charge in [0.15, 0.2) is 0 Å². The topological polar surface area (TPSA) is 102 Å². The predicted molar refractivity (Wildman–Crippen MR) is 107 cm³/mol. The highest BCUT2D eigenvalue weighted by molar-refractivity contribution is 6.12. The van der Waals surface area contributed by atoms with E-state index in [-0.39, 0.29) is 25.0 Å². The van der Waals surface area contributed by atoms with E-state index in [4.69, 9.17) is 33.2 Å². The second kappa shape index (κ2) is 19.2. The van der Waals surface area contributed by atoms with Crippen molar-refractivity contribution >= 4 is 11.8 Å². The lowest BCUT2D eigenvalue weighted by atomic mass is 10.5. The smallest absolute Gasteiger partial charge is 0.253 e. The summed E-state index contributed by atoms with van der Waals surface area (Å²) in [6, 6.07) is 0. The number of carbonyl (C=O) groups is 2. The van der Waals surface area contributed by atoms with Crippen molar-refractivity contribution in [2.75, 3.05) is 92.4 Å². The molecule has 0 aromatic carbocycles. The van der Waals surface area contributed by atoms with Crippen LogP contribution < -0.4 is 0 Å². The molecule has 0 radical (unpaired) electrons. The molecule has 0 aliphatic carbocycles. The molecular weight excluding hydrogens is 398 g/mol. The third-order valence-electron chi connectivity index (χ3n) is 3.68. The van der Waals surface area contributed by atoms with Crippen LogP contribution in [0, 0.1) is 0 Å². The molecule has 172 valence electrons. The minimum absolute atomic E-state index is 0.248. The zero-order chi connectivity index (χ0) is 21.7. The second-order valence-corrected chi connectivity index (χ2v) is 5.87. The number of hydrogen-bond donors (Lipinski definition) is 0. The quantitative estimate of drug-likeness (QED) is 0.135. The van der Waals surface area contributed by atoms with E-state index in [0.717, 1.165) is 4.90 Å². The summed E-state index contributed by atoms with van der Waals surface area (Å²) in [6.07, 6.45) is 3.90. The molecule has 1 heterocycles. The zero-order valence-electron chi connectivity index (χ0n) is 17.5. The van der Waals surface area contributed by atoms with E-state index in [2.05, 4.69) is 6.58 Å². The summed E-state index contributed by atoms with van der Waals surface area (Å²) < 4.78 is 37.0. The van der Waals surface area contributed by atoms with Crippen molar-refractivity contribution in [3.63, 3.8) is 0 Å². The second-order valence-electron chi connectivity index (χ2n) is 5.87. The molecule has 1 aliphatic heterocycles. The SMILES string of the molecule is C=COCCOCCOCCOCCOCCOCCOCCN1C(=O)C=CC1=O. The van der Waals surface area contributed by atoms with Gasteiger partial charge in [-0.2, -0.15) is 0 Å². The Hall–Kier alpha value is -1.82. The van der Waals surface area contributed by atoms with Crippen LogP contribution in [0.25, 0.3) is 0 Å². The largest absolute Gasteiger partial charge is 0.499 e. The third kappa shape index (κ3) is 14.2. The summed E-state index contributed by atoms with van der Waals surface area (Å²) in [6.45, 7) is 9.73. The molecule has 0 atom stereocenters. The Morgan fingerprint density at radius 1 is 0.600 bits per heavy atom. The third-order valence-corrected chi connectivity index (χ3v) is 3.68. The summed E-state index contributed by atoms with van der Waals surface area (Å²) in [4.78, 5) is 23.8. The van der Waals surface area contributed by atoms with Crippen LogP contribution in [0.1, 0.15) is 0 Å². The van der Waals surface area contributed by atoms with Gasteiger partial charge in [0.1, 0.15) is 6.61 Å². The van der Waals surface area contributed by atoms with Crippen molar-refractivity contribution in [3.8, 4) is 0 Å². The van der Waals surface area contributed by atoms with E-state index in [9.17, 15) is 9.59 Å². The maximum Gasteiger partial charge on any atom is 0.253 e. The van der Waals surface area contributed by atoms with Gasteiger partial charge >= 0.3 is 0 Å². The van der Waals surface area contributed by atoms with Crippen LogP contribution in [0.2, 0.25) is 0 Å². The summed E-state index contributed by atoms with van der Waals surface area (Å²) in [7, 11) is 0. The van der Waals surface area contributed by atoms with Gasteiger partial charge in [-0.05, 0) is 0 Å². The Kier molecular flexibility index (Phi) is 16.7. The lowest BCUT2D eigenvalue weighted by Gasteiger charge is -2.13. The molecule has 2 amide bonds. The molecule has 0 saturated carbocycles. The molecule has 30 heavy (non-hydrogen) atoms. The number of nitrogens with zero attached hydrogens (tertiary/aromatic N) is 1. The molecule has 0 bridgehead atoms. The van der Waals surface area contributed by atoms with Crippen molar-refractivity contribution in [2.45, 2.75) is 0 Å². The summed E-state index contributed by atoms with van der Waals surface area (Å²) in [5, 5.41) is 0. The van der Waals surface area contributed by atoms with Crippen molar-refractivity contribution < 1.29 is 42.7 Å². The molecule has 0 aromatic rings. The number of rotatable bonds is 22. The summed E-state index contributed by atoms with van der Waals surface area (Å²) >= 11 is 0. The number of imide groups is 1.